The Hall–Kier alpha value is -4.17. The molecular weight excluding hydrogens is 584 g/mol. The molecule has 3 aliphatic rings. The van der Waals surface area contributed by atoms with Gasteiger partial charge >= 0.3 is 6.61 Å². The van der Waals surface area contributed by atoms with E-state index in [4.69, 9.17) is 22.1 Å². The van der Waals surface area contributed by atoms with Gasteiger partial charge in [-0.05, 0) is 63.0 Å². The van der Waals surface area contributed by atoms with Gasteiger partial charge in [0.05, 0.1) is 5.69 Å². The molecule has 15 heteroatoms. The Morgan fingerprint density at radius 3 is 2.67 bits per heavy atom. The summed E-state index contributed by atoms with van der Waals surface area (Å²) in [5.74, 6) is -0.519. The molecule has 0 saturated carbocycles. The van der Waals surface area contributed by atoms with Gasteiger partial charge in [-0.3, -0.25) is 14.3 Å². The van der Waals surface area contributed by atoms with Crippen LogP contribution in [0.5, 0.6) is 5.75 Å². The zero-order valence-corrected chi connectivity index (χ0v) is 24.1. The van der Waals surface area contributed by atoms with E-state index < -0.39 is 12.5 Å². The molecule has 1 aromatic carbocycles. The van der Waals surface area contributed by atoms with Gasteiger partial charge in [-0.15, -0.1) is 5.10 Å². The van der Waals surface area contributed by atoms with E-state index in [0.717, 1.165) is 25.9 Å². The minimum Gasteiger partial charge on any atom is -0.434 e. The molecule has 2 saturated heterocycles. The topological polar surface area (TPSA) is 136 Å². The van der Waals surface area contributed by atoms with Gasteiger partial charge in [-0.1, -0.05) is 11.6 Å². The number of piperidine rings is 1. The summed E-state index contributed by atoms with van der Waals surface area (Å²) in [6.07, 6.45) is 9.25. The van der Waals surface area contributed by atoms with Crippen LogP contribution in [0.3, 0.4) is 0 Å². The predicted molar refractivity (Wildman–Crippen MR) is 158 cm³/mol. The van der Waals surface area contributed by atoms with Crippen molar-refractivity contribution in [1.29, 1.82) is 0 Å². The first-order chi connectivity index (χ1) is 20.8. The first kappa shape index (κ1) is 28.9. The Kier molecular flexibility index (Phi) is 8.21. The van der Waals surface area contributed by atoms with Gasteiger partial charge < -0.3 is 30.9 Å². The number of anilines is 3. The Morgan fingerprint density at radius 2 is 1.93 bits per heavy atom. The molecule has 0 unspecified atom stereocenters. The molecule has 3 aromatic rings. The maximum atomic E-state index is 13.5. The molecule has 6 rings (SSSR count). The van der Waals surface area contributed by atoms with Crippen LogP contribution >= 0.6 is 11.6 Å². The molecule has 12 nitrogen and oxygen atoms in total. The van der Waals surface area contributed by atoms with Crippen LogP contribution in [0.4, 0.5) is 26.1 Å². The molecule has 43 heavy (non-hydrogen) atoms. The molecule has 2 amide bonds. The van der Waals surface area contributed by atoms with Crippen LogP contribution in [0.25, 0.3) is 17.5 Å². The molecule has 4 N–H and O–H groups in total. The van der Waals surface area contributed by atoms with Crippen LogP contribution in [0.2, 0.25) is 5.02 Å². The number of aromatic nitrogens is 4. The highest BCUT2D eigenvalue weighted by atomic mass is 35.5. The Bertz CT molecular complexity index is 1540. The second-order valence-electron chi connectivity index (χ2n) is 10.7. The number of alkyl halides is 2. The molecule has 0 radical (unpaired) electrons. The predicted octanol–water partition coefficient (Wildman–Crippen LogP) is 3.82. The molecule has 0 spiro atoms. The maximum Gasteiger partial charge on any atom is 0.387 e. The van der Waals surface area contributed by atoms with Crippen molar-refractivity contribution in [3.05, 3.63) is 41.1 Å². The van der Waals surface area contributed by atoms with Crippen molar-refractivity contribution in [2.45, 2.75) is 44.9 Å². The van der Waals surface area contributed by atoms with Gasteiger partial charge in [0.25, 0.3) is 5.91 Å². The Morgan fingerprint density at radius 1 is 1.16 bits per heavy atom. The highest BCUT2D eigenvalue weighted by molar-refractivity contribution is 6.31. The average molecular weight is 616 g/mol. The highest BCUT2D eigenvalue weighted by Gasteiger charge is 2.30. The number of ether oxygens (including phenoxy) is 1. The lowest BCUT2D eigenvalue weighted by Gasteiger charge is -2.36. The van der Waals surface area contributed by atoms with E-state index in [1.807, 2.05) is 11.0 Å². The van der Waals surface area contributed by atoms with E-state index in [2.05, 4.69) is 25.7 Å². The fourth-order valence-electron chi connectivity index (χ4n) is 5.95. The van der Waals surface area contributed by atoms with Crippen molar-refractivity contribution in [1.82, 2.24) is 29.4 Å². The molecule has 2 fully saturated rings. The highest BCUT2D eigenvalue weighted by Crippen LogP contribution is 2.38. The molecule has 5 heterocycles. The second kappa shape index (κ2) is 12.2. The second-order valence-corrected chi connectivity index (χ2v) is 11.2. The molecule has 0 bridgehead atoms. The van der Waals surface area contributed by atoms with Crippen LogP contribution in [0.1, 0.15) is 36.0 Å². The molecule has 2 aromatic heterocycles. The van der Waals surface area contributed by atoms with Crippen LogP contribution in [0, 0.1) is 0 Å². The van der Waals surface area contributed by atoms with Gasteiger partial charge in [-0.2, -0.15) is 13.9 Å². The summed E-state index contributed by atoms with van der Waals surface area (Å²) < 4.78 is 34.1. The summed E-state index contributed by atoms with van der Waals surface area (Å²) in [6, 6.07) is 4.61. The standard InChI is InChI=1S/C28H32ClF2N9O3/c29-17-4-5-21(43-28(30)31)19(14-17)24-20(34-27(42)23-25(32)36-40-11-3-8-33-26(23)40)15-39(35-24)16-22(41)38-12-6-18(7-13-38)37-9-1-2-10-37/h3-5,11,14-15,18,28,33H,1-2,6-10,12-13,16H2,(H2,32,36)(H,34,42). The van der Waals surface area contributed by atoms with Crippen molar-refractivity contribution in [2.24, 2.45) is 0 Å². The van der Waals surface area contributed by atoms with Gasteiger partial charge in [-0.25, -0.2) is 4.68 Å². The minimum absolute atomic E-state index is 0.00233. The Balaban J connectivity index is 1.27. The molecule has 0 aliphatic carbocycles. The van der Waals surface area contributed by atoms with E-state index in [1.54, 1.807) is 6.20 Å². The van der Waals surface area contributed by atoms with Crippen LogP contribution in [0.15, 0.2) is 30.5 Å². The van der Waals surface area contributed by atoms with Crippen LogP contribution < -0.4 is 21.1 Å². The fourth-order valence-corrected chi connectivity index (χ4v) is 6.12. The lowest BCUT2D eigenvalue weighted by molar-refractivity contribution is -0.133. The number of amides is 2. The molecular formula is C28H32ClF2N9O3. The lowest BCUT2D eigenvalue weighted by atomic mass is 10.0. The number of carbonyl (C=O) groups excluding carboxylic acids is 2. The quantitative estimate of drug-likeness (QED) is 0.348. The monoisotopic (exact) mass is 615 g/mol. The summed E-state index contributed by atoms with van der Waals surface area (Å²) in [7, 11) is 0. The first-order valence-corrected chi connectivity index (χ1v) is 14.6. The normalized spacial score (nSPS) is 17.3. The van der Waals surface area contributed by atoms with Crippen LogP contribution in [-0.4, -0.2) is 86.6 Å². The third-order valence-corrected chi connectivity index (χ3v) is 8.23. The van der Waals surface area contributed by atoms with Gasteiger partial charge in [0.1, 0.15) is 29.4 Å². The number of hydrogen-bond acceptors (Lipinski definition) is 8. The SMILES string of the molecule is Nc1nn2c(c1C(=O)Nc1cn(CC(=O)N3CCC(N4CCCC4)CC3)nc1-c1cc(Cl)ccc1OC(F)F)NCC=C2. The largest absolute Gasteiger partial charge is 0.434 e. The van der Waals surface area contributed by atoms with Gasteiger partial charge in [0.2, 0.25) is 5.91 Å². The van der Waals surface area contributed by atoms with E-state index in [-0.39, 0.29) is 51.6 Å². The number of hydrogen-bond donors (Lipinski definition) is 3. The summed E-state index contributed by atoms with van der Waals surface area (Å²) in [5.41, 5.74) is 6.54. The van der Waals surface area contributed by atoms with E-state index in [9.17, 15) is 18.4 Å². The lowest BCUT2D eigenvalue weighted by Crippen LogP contribution is -2.46. The van der Waals surface area contributed by atoms with E-state index in [0.29, 0.717) is 31.5 Å². The van der Waals surface area contributed by atoms with E-state index in [1.165, 1.54) is 46.6 Å². The third-order valence-electron chi connectivity index (χ3n) is 7.99. The number of rotatable bonds is 8. The smallest absolute Gasteiger partial charge is 0.387 e. The third kappa shape index (κ3) is 6.15. The number of fused-ring (bicyclic) bond motifs is 1. The number of nitrogens with one attached hydrogen (secondary N) is 2. The van der Waals surface area contributed by atoms with Crippen molar-refractivity contribution in [3.63, 3.8) is 0 Å². The summed E-state index contributed by atoms with van der Waals surface area (Å²) in [6.45, 7) is 0.777. The van der Waals surface area contributed by atoms with Gasteiger partial charge in [0, 0.05) is 48.7 Å². The summed E-state index contributed by atoms with van der Waals surface area (Å²) in [5, 5.41) is 14.8. The molecule has 228 valence electrons. The average Bonchev–Trinajstić information content (AvgIpc) is 3.72. The first-order valence-electron chi connectivity index (χ1n) is 14.2. The van der Waals surface area contributed by atoms with Crippen molar-refractivity contribution in [3.8, 4) is 17.0 Å². The zero-order chi connectivity index (χ0) is 30.1. The van der Waals surface area contributed by atoms with E-state index >= 15 is 0 Å². The number of benzene rings is 1. The number of carbonyl (C=O) groups is 2. The van der Waals surface area contributed by atoms with Crippen LogP contribution in [-0.2, 0) is 11.3 Å². The number of nitrogens with zero attached hydrogens (tertiary/aromatic N) is 6. The van der Waals surface area contributed by atoms with Crippen molar-refractivity contribution >= 4 is 46.9 Å². The fraction of sp³-hybridized carbons (Fsp3) is 0.429. The number of halogens is 3. The summed E-state index contributed by atoms with van der Waals surface area (Å²) >= 11 is 6.22. The minimum atomic E-state index is -3.11. The van der Waals surface area contributed by atoms with Crippen molar-refractivity contribution < 1.29 is 23.1 Å². The maximum absolute atomic E-state index is 13.5. The summed E-state index contributed by atoms with van der Waals surface area (Å²) in [4.78, 5) is 31.1. The molecule has 3 aliphatic heterocycles. The number of nitrogens with two attached hydrogens (primary N) is 1. The zero-order valence-electron chi connectivity index (χ0n) is 23.3. The Labute approximate surface area is 251 Å². The van der Waals surface area contributed by atoms with Crippen molar-refractivity contribution in [2.75, 3.05) is 49.1 Å². The number of likely N-dealkylation sites (tertiary alicyclic amines) is 2. The molecule has 0 atom stereocenters. The van der Waals surface area contributed by atoms with Gasteiger partial charge in [0.15, 0.2) is 5.82 Å². The number of nitrogen functional groups attached to an aromatic ring is 1.